The number of methoxy groups -OCH3 is 2. The van der Waals surface area contributed by atoms with Crippen molar-refractivity contribution in [3.8, 4) is 11.5 Å². The zero-order valence-corrected chi connectivity index (χ0v) is 20.2. The zero-order chi connectivity index (χ0) is 24.3. The average molecular weight is 498 g/mol. The maximum Gasteiger partial charge on any atom is 0.261 e. The van der Waals surface area contributed by atoms with Crippen molar-refractivity contribution in [1.29, 1.82) is 0 Å². The summed E-state index contributed by atoms with van der Waals surface area (Å²) < 4.78 is 65.5. The Balaban J connectivity index is 1.80. The average Bonchev–Trinajstić information content (AvgIpc) is 2.85. The van der Waals surface area contributed by atoms with Crippen molar-refractivity contribution < 1.29 is 26.3 Å². The molecule has 0 aliphatic heterocycles. The van der Waals surface area contributed by atoms with Crippen LogP contribution in [-0.2, 0) is 25.6 Å². The molecule has 0 bridgehead atoms. The van der Waals surface area contributed by atoms with Gasteiger partial charge in [-0.05, 0) is 41.8 Å². The maximum absolute atomic E-state index is 13.2. The fourth-order valence-corrected chi connectivity index (χ4v) is 6.17. The van der Waals surface area contributed by atoms with Crippen molar-refractivity contribution in [2.24, 2.45) is 0 Å². The second kappa shape index (κ2) is 9.36. The Kier molecular flexibility index (Phi) is 6.49. The molecule has 0 amide bonds. The van der Waals surface area contributed by atoms with E-state index in [-0.39, 0.29) is 21.3 Å². The Morgan fingerprint density at radius 1 is 0.706 bits per heavy atom. The number of anilines is 1. The van der Waals surface area contributed by atoms with Crippen LogP contribution in [-0.4, -0.2) is 31.1 Å². The summed E-state index contributed by atoms with van der Waals surface area (Å²) in [6.45, 7) is 0. The van der Waals surface area contributed by atoms with Gasteiger partial charge in [-0.15, -0.1) is 0 Å². The fraction of sp³-hybridized carbons (Fsp3) is 0.120. The van der Waals surface area contributed by atoms with E-state index >= 15 is 0 Å². The molecule has 9 heteroatoms. The number of sulfonamides is 1. The molecule has 0 saturated heterocycles. The Morgan fingerprint density at radius 2 is 1.32 bits per heavy atom. The molecule has 34 heavy (non-hydrogen) atoms. The molecule has 0 heterocycles. The van der Waals surface area contributed by atoms with E-state index in [4.69, 9.17) is 9.47 Å². The lowest BCUT2D eigenvalue weighted by Gasteiger charge is -2.17. The van der Waals surface area contributed by atoms with Gasteiger partial charge < -0.3 is 9.47 Å². The predicted molar refractivity (Wildman–Crippen MR) is 132 cm³/mol. The molecular formula is C25H23NO6S2. The largest absolute Gasteiger partial charge is 0.497 e. The SMILES string of the molecule is COc1ccc(S(=O)(=O)Cc2c(OC)cc(NS(=O)(=O)c3ccccc3)c3ccccc23)cc1. The van der Waals surface area contributed by atoms with Crippen molar-refractivity contribution in [3.63, 3.8) is 0 Å². The molecule has 4 aromatic rings. The highest BCUT2D eigenvalue weighted by atomic mass is 32.2. The molecule has 1 N–H and O–H groups in total. The molecule has 0 unspecified atom stereocenters. The van der Waals surface area contributed by atoms with Crippen LogP contribution in [0.5, 0.6) is 11.5 Å². The van der Waals surface area contributed by atoms with E-state index in [9.17, 15) is 16.8 Å². The lowest BCUT2D eigenvalue weighted by Crippen LogP contribution is -2.14. The normalized spacial score (nSPS) is 11.8. The highest BCUT2D eigenvalue weighted by Crippen LogP contribution is 2.37. The van der Waals surface area contributed by atoms with Crippen LogP contribution in [0.4, 0.5) is 5.69 Å². The predicted octanol–water partition coefficient (Wildman–Crippen LogP) is 4.63. The number of sulfone groups is 1. The van der Waals surface area contributed by atoms with Gasteiger partial charge in [0.25, 0.3) is 10.0 Å². The van der Waals surface area contributed by atoms with Gasteiger partial charge in [-0.3, -0.25) is 4.72 Å². The van der Waals surface area contributed by atoms with E-state index in [1.165, 1.54) is 44.6 Å². The minimum absolute atomic E-state index is 0.115. The van der Waals surface area contributed by atoms with Crippen molar-refractivity contribution >= 4 is 36.3 Å². The molecule has 7 nitrogen and oxygen atoms in total. The van der Waals surface area contributed by atoms with Gasteiger partial charge in [-0.25, -0.2) is 16.8 Å². The summed E-state index contributed by atoms with van der Waals surface area (Å²) in [5.41, 5.74) is 0.735. The molecule has 0 saturated carbocycles. The quantitative estimate of drug-likeness (QED) is 0.381. The Labute approximate surface area is 198 Å². The monoisotopic (exact) mass is 497 g/mol. The molecule has 0 radical (unpaired) electrons. The number of nitrogens with one attached hydrogen (secondary N) is 1. The molecule has 0 aliphatic carbocycles. The van der Waals surface area contributed by atoms with Crippen LogP contribution in [0, 0.1) is 0 Å². The van der Waals surface area contributed by atoms with Gasteiger partial charge in [0.1, 0.15) is 11.5 Å². The molecule has 4 aromatic carbocycles. The van der Waals surface area contributed by atoms with Crippen molar-refractivity contribution in [1.82, 2.24) is 0 Å². The smallest absolute Gasteiger partial charge is 0.261 e. The first-order valence-corrected chi connectivity index (χ1v) is 13.4. The minimum atomic E-state index is -3.86. The number of hydrogen-bond donors (Lipinski definition) is 1. The summed E-state index contributed by atoms with van der Waals surface area (Å²) in [6.07, 6.45) is 0. The van der Waals surface area contributed by atoms with Gasteiger partial charge in [-0.1, -0.05) is 42.5 Å². The Hall–Kier alpha value is -3.56. The highest BCUT2D eigenvalue weighted by Gasteiger charge is 2.23. The van der Waals surface area contributed by atoms with E-state index in [1.807, 2.05) is 0 Å². The fourth-order valence-electron chi connectivity index (χ4n) is 3.69. The van der Waals surface area contributed by atoms with Crippen LogP contribution in [0.1, 0.15) is 5.56 Å². The first-order chi connectivity index (χ1) is 16.2. The highest BCUT2D eigenvalue weighted by molar-refractivity contribution is 7.92. The van der Waals surface area contributed by atoms with Crippen LogP contribution < -0.4 is 14.2 Å². The summed E-state index contributed by atoms with van der Waals surface area (Å²) in [6, 6.07) is 22.7. The van der Waals surface area contributed by atoms with Crippen molar-refractivity contribution in [2.75, 3.05) is 18.9 Å². The van der Waals surface area contributed by atoms with Crippen LogP contribution in [0.25, 0.3) is 10.8 Å². The second-order valence-corrected chi connectivity index (χ2v) is 11.2. The molecule has 176 valence electrons. The number of benzene rings is 4. The van der Waals surface area contributed by atoms with E-state index in [2.05, 4.69) is 4.72 Å². The first-order valence-electron chi connectivity index (χ1n) is 10.3. The molecule has 0 aliphatic rings. The number of fused-ring (bicyclic) bond motifs is 1. The molecule has 4 rings (SSSR count). The summed E-state index contributed by atoms with van der Waals surface area (Å²) in [5.74, 6) is 0.493. The van der Waals surface area contributed by atoms with Gasteiger partial charge in [-0.2, -0.15) is 0 Å². The molecule has 0 atom stereocenters. The number of rotatable bonds is 8. The first kappa shape index (κ1) is 23.6. The standard InChI is InChI=1S/C25H23NO6S2/c1-31-18-12-14-19(15-13-18)33(27,28)17-23-21-10-6-7-11-22(21)24(16-25(23)32-2)26-34(29,30)20-8-4-3-5-9-20/h3-16,26H,17H2,1-2H3. The summed E-state index contributed by atoms with van der Waals surface area (Å²) in [4.78, 5) is 0.262. The molecule has 0 fully saturated rings. The van der Waals surface area contributed by atoms with Crippen molar-refractivity contribution in [2.45, 2.75) is 15.5 Å². The van der Waals surface area contributed by atoms with Crippen LogP contribution >= 0.6 is 0 Å². The number of ether oxygens (including phenoxy) is 2. The van der Waals surface area contributed by atoms with E-state index in [1.54, 1.807) is 54.6 Å². The third-order valence-electron chi connectivity index (χ3n) is 5.39. The number of hydrogen-bond acceptors (Lipinski definition) is 6. The third kappa shape index (κ3) is 4.71. The van der Waals surface area contributed by atoms with Crippen LogP contribution in [0.3, 0.4) is 0 Å². The van der Waals surface area contributed by atoms with E-state index < -0.39 is 19.9 Å². The summed E-state index contributed by atoms with van der Waals surface area (Å²) in [5, 5.41) is 1.13. The molecule has 0 aromatic heterocycles. The minimum Gasteiger partial charge on any atom is -0.497 e. The topological polar surface area (TPSA) is 98.8 Å². The zero-order valence-electron chi connectivity index (χ0n) is 18.6. The van der Waals surface area contributed by atoms with Crippen LogP contribution in [0.2, 0.25) is 0 Å². The van der Waals surface area contributed by atoms with E-state index in [0.717, 1.165) is 0 Å². The Bertz CT molecular complexity index is 1530. The van der Waals surface area contributed by atoms with Crippen LogP contribution in [0.15, 0.2) is 94.7 Å². The second-order valence-electron chi connectivity index (χ2n) is 7.50. The van der Waals surface area contributed by atoms with E-state index in [0.29, 0.717) is 27.8 Å². The Morgan fingerprint density at radius 3 is 1.94 bits per heavy atom. The lowest BCUT2D eigenvalue weighted by molar-refractivity contribution is 0.412. The van der Waals surface area contributed by atoms with Gasteiger partial charge >= 0.3 is 0 Å². The van der Waals surface area contributed by atoms with Gasteiger partial charge in [0.05, 0.1) is 35.5 Å². The maximum atomic E-state index is 13.2. The van der Waals surface area contributed by atoms with Gasteiger partial charge in [0.2, 0.25) is 0 Å². The summed E-state index contributed by atoms with van der Waals surface area (Å²) >= 11 is 0. The molecular weight excluding hydrogens is 474 g/mol. The van der Waals surface area contributed by atoms with Crippen molar-refractivity contribution in [3.05, 3.63) is 90.5 Å². The summed E-state index contributed by atoms with van der Waals surface area (Å²) in [7, 11) is -4.66. The molecule has 0 spiro atoms. The van der Waals surface area contributed by atoms with Gasteiger partial charge in [0.15, 0.2) is 9.84 Å². The third-order valence-corrected chi connectivity index (χ3v) is 8.43. The lowest BCUT2D eigenvalue weighted by atomic mass is 10.0. The van der Waals surface area contributed by atoms with Gasteiger partial charge in [0, 0.05) is 17.0 Å².